The van der Waals surface area contributed by atoms with Crippen LogP contribution >= 0.6 is 46.4 Å². The van der Waals surface area contributed by atoms with Crippen molar-refractivity contribution in [3.63, 3.8) is 0 Å². The van der Waals surface area contributed by atoms with Crippen LogP contribution in [0.5, 0.6) is 0 Å². The topological polar surface area (TPSA) is 87.3 Å². The Morgan fingerprint density at radius 1 is 0.907 bits per heavy atom. The number of nitrogens with one attached hydrogen (secondary N) is 3. The monoisotopic (exact) mass is 681 g/mol. The molecule has 1 aliphatic carbocycles. The van der Waals surface area contributed by atoms with Crippen LogP contribution in [0.25, 0.3) is 0 Å². The highest BCUT2D eigenvalue weighted by Crippen LogP contribution is 2.65. The van der Waals surface area contributed by atoms with Crippen molar-refractivity contribution in [3.8, 4) is 0 Å². The molecule has 3 aromatic rings. The lowest BCUT2D eigenvalue weighted by atomic mass is 10.0. The first-order valence-corrected chi connectivity index (χ1v) is 14.0. The minimum Gasteiger partial charge on any atom is -0.326 e. The van der Waals surface area contributed by atoms with E-state index in [1.165, 1.54) is 18.2 Å². The zero-order chi connectivity index (χ0) is 31.9. The van der Waals surface area contributed by atoms with Gasteiger partial charge in [-0.3, -0.25) is 14.4 Å². The van der Waals surface area contributed by atoms with Crippen LogP contribution < -0.4 is 16.0 Å². The summed E-state index contributed by atoms with van der Waals surface area (Å²) in [4.78, 5) is 37.9. The molecule has 0 aromatic heterocycles. The standard InChI is InChI=1S/C28H20Cl4F5N3O3/c1-2-3-20(41)40-24-18(33)8-9-19(23(24)34)39-25(42)14-11-13(5-7-16(14)29)38-26(43)22-21(27(22,31)32)12-4-6-17(30)15(10-12)28(35,36)37/h4-11,21-22H,2-3H2,1H3,(H,38,43)(H,39,42)(H,40,41)/t21-,22?/m0/s1. The second-order valence-corrected chi connectivity index (χ2v) is 11.8. The molecule has 1 saturated carbocycles. The predicted molar refractivity (Wildman–Crippen MR) is 155 cm³/mol. The molecule has 2 atom stereocenters. The Labute approximate surface area is 261 Å². The lowest BCUT2D eigenvalue weighted by molar-refractivity contribution is -0.137. The van der Waals surface area contributed by atoms with Crippen molar-refractivity contribution >= 4 is 81.2 Å². The van der Waals surface area contributed by atoms with Gasteiger partial charge in [0.15, 0.2) is 5.82 Å². The summed E-state index contributed by atoms with van der Waals surface area (Å²) in [6.45, 7) is 1.71. The van der Waals surface area contributed by atoms with Crippen LogP contribution in [0.2, 0.25) is 10.0 Å². The van der Waals surface area contributed by atoms with E-state index in [-0.39, 0.29) is 28.3 Å². The molecular formula is C28H20Cl4F5N3O3. The number of halogens is 9. The molecule has 3 N–H and O–H groups in total. The van der Waals surface area contributed by atoms with Crippen LogP contribution in [0.1, 0.15) is 47.2 Å². The number of carbonyl (C=O) groups excluding carboxylic acids is 3. The molecule has 0 radical (unpaired) electrons. The lowest BCUT2D eigenvalue weighted by Crippen LogP contribution is -2.19. The summed E-state index contributed by atoms with van der Waals surface area (Å²) < 4.78 is 67.4. The van der Waals surface area contributed by atoms with Gasteiger partial charge in [0.25, 0.3) is 5.91 Å². The largest absolute Gasteiger partial charge is 0.417 e. The summed E-state index contributed by atoms with van der Waals surface area (Å²) >= 11 is 24.4. The second-order valence-electron chi connectivity index (χ2n) is 9.59. The Morgan fingerprint density at radius 2 is 1.58 bits per heavy atom. The van der Waals surface area contributed by atoms with E-state index >= 15 is 0 Å². The van der Waals surface area contributed by atoms with E-state index < -0.39 is 73.7 Å². The Hall–Kier alpha value is -3.12. The molecule has 0 heterocycles. The predicted octanol–water partition coefficient (Wildman–Crippen LogP) is 8.81. The number of carbonyl (C=O) groups is 3. The van der Waals surface area contributed by atoms with Gasteiger partial charge in [0.05, 0.1) is 32.8 Å². The Bertz CT molecular complexity index is 1620. The lowest BCUT2D eigenvalue weighted by Gasteiger charge is -2.13. The smallest absolute Gasteiger partial charge is 0.326 e. The summed E-state index contributed by atoms with van der Waals surface area (Å²) in [5.74, 6) is -6.77. The van der Waals surface area contributed by atoms with Gasteiger partial charge in [-0.05, 0) is 54.4 Å². The van der Waals surface area contributed by atoms with E-state index in [2.05, 4.69) is 16.0 Å². The molecule has 0 spiro atoms. The van der Waals surface area contributed by atoms with Gasteiger partial charge in [-0.1, -0.05) is 36.2 Å². The first kappa shape index (κ1) is 32.8. The maximum absolute atomic E-state index is 15.0. The highest BCUT2D eigenvalue weighted by atomic mass is 35.5. The zero-order valence-corrected chi connectivity index (χ0v) is 24.8. The molecule has 0 bridgehead atoms. The fourth-order valence-corrected chi connectivity index (χ4v) is 5.66. The molecule has 3 aromatic carbocycles. The third kappa shape index (κ3) is 7.01. The van der Waals surface area contributed by atoms with Crippen molar-refractivity contribution in [1.29, 1.82) is 0 Å². The third-order valence-electron chi connectivity index (χ3n) is 6.55. The van der Waals surface area contributed by atoms with Gasteiger partial charge in [-0.2, -0.15) is 13.2 Å². The van der Waals surface area contributed by atoms with Gasteiger partial charge < -0.3 is 16.0 Å². The maximum Gasteiger partial charge on any atom is 0.417 e. The van der Waals surface area contributed by atoms with Gasteiger partial charge in [-0.15, -0.1) is 23.2 Å². The molecule has 1 aliphatic rings. The molecular weight excluding hydrogens is 663 g/mol. The van der Waals surface area contributed by atoms with Crippen molar-refractivity contribution in [2.75, 3.05) is 16.0 Å². The zero-order valence-electron chi connectivity index (χ0n) is 21.8. The molecule has 1 fully saturated rings. The number of hydrogen-bond donors (Lipinski definition) is 3. The van der Waals surface area contributed by atoms with E-state index in [0.29, 0.717) is 6.42 Å². The Balaban J connectivity index is 1.52. The minimum atomic E-state index is -4.75. The number of rotatable bonds is 8. The first-order valence-electron chi connectivity index (χ1n) is 12.5. The van der Waals surface area contributed by atoms with Gasteiger partial charge in [-0.25, -0.2) is 8.78 Å². The summed E-state index contributed by atoms with van der Waals surface area (Å²) in [5, 5.41) is 6.25. The molecule has 4 rings (SSSR count). The molecule has 1 unspecified atom stereocenters. The minimum absolute atomic E-state index is 0.0219. The van der Waals surface area contributed by atoms with Crippen LogP contribution in [0.15, 0.2) is 48.5 Å². The number of alkyl halides is 5. The molecule has 15 heteroatoms. The van der Waals surface area contributed by atoms with Gasteiger partial charge in [0, 0.05) is 18.0 Å². The third-order valence-corrected chi connectivity index (χ3v) is 8.15. The quantitative estimate of drug-likeness (QED) is 0.164. The van der Waals surface area contributed by atoms with Crippen LogP contribution in [0.4, 0.5) is 39.0 Å². The van der Waals surface area contributed by atoms with Crippen molar-refractivity contribution in [2.45, 2.75) is 36.2 Å². The normalized spacial score (nSPS) is 17.3. The number of hydrogen-bond acceptors (Lipinski definition) is 3. The highest BCUT2D eigenvalue weighted by Gasteiger charge is 2.67. The summed E-state index contributed by atoms with van der Waals surface area (Å²) in [6.07, 6.45) is -4.29. The van der Waals surface area contributed by atoms with Crippen LogP contribution in [-0.2, 0) is 15.8 Å². The van der Waals surface area contributed by atoms with E-state index in [1.807, 2.05) is 0 Å². The first-order chi connectivity index (χ1) is 20.1. The average molecular weight is 683 g/mol. The summed E-state index contributed by atoms with van der Waals surface area (Å²) in [7, 11) is 0. The molecule has 43 heavy (non-hydrogen) atoms. The van der Waals surface area contributed by atoms with E-state index in [9.17, 15) is 36.3 Å². The van der Waals surface area contributed by atoms with E-state index in [4.69, 9.17) is 46.4 Å². The Morgan fingerprint density at radius 3 is 2.23 bits per heavy atom. The summed E-state index contributed by atoms with van der Waals surface area (Å²) in [6, 6.07) is 8.66. The van der Waals surface area contributed by atoms with Crippen molar-refractivity contribution in [2.24, 2.45) is 5.92 Å². The highest BCUT2D eigenvalue weighted by molar-refractivity contribution is 6.53. The number of anilines is 3. The van der Waals surface area contributed by atoms with Crippen molar-refractivity contribution in [3.05, 3.63) is 86.9 Å². The molecule has 0 saturated heterocycles. The van der Waals surface area contributed by atoms with E-state index in [1.54, 1.807) is 6.92 Å². The van der Waals surface area contributed by atoms with Crippen molar-refractivity contribution in [1.82, 2.24) is 0 Å². The fraction of sp³-hybridized carbons (Fsp3) is 0.250. The summed E-state index contributed by atoms with van der Waals surface area (Å²) in [5.41, 5.74) is -2.44. The van der Waals surface area contributed by atoms with Crippen LogP contribution in [0.3, 0.4) is 0 Å². The molecule has 6 nitrogen and oxygen atoms in total. The van der Waals surface area contributed by atoms with Crippen molar-refractivity contribution < 1.29 is 36.3 Å². The fourth-order valence-electron chi connectivity index (χ4n) is 4.40. The molecule has 0 aliphatic heterocycles. The number of amides is 3. The second kappa shape index (κ2) is 12.5. The van der Waals surface area contributed by atoms with Gasteiger partial charge >= 0.3 is 6.18 Å². The average Bonchev–Trinajstić information content (AvgIpc) is 3.50. The number of benzene rings is 3. The maximum atomic E-state index is 15.0. The van der Waals surface area contributed by atoms with E-state index in [0.717, 1.165) is 30.3 Å². The Kier molecular flexibility index (Phi) is 9.51. The SMILES string of the molecule is CCCC(=O)Nc1c(F)ccc(NC(=O)c2cc(NC(=O)C3[C@H](c4ccc(Cl)c(C(F)(F)F)c4)C3(Cl)Cl)ccc2Cl)c1F. The molecule has 228 valence electrons. The van der Waals surface area contributed by atoms with Gasteiger partial charge in [0.1, 0.15) is 15.8 Å². The van der Waals surface area contributed by atoms with Crippen LogP contribution in [0, 0.1) is 17.6 Å². The van der Waals surface area contributed by atoms with Gasteiger partial charge in [0.2, 0.25) is 11.8 Å². The molecule has 3 amide bonds. The van der Waals surface area contributed by atoms with Crippen LogP contribution in [-0.4, -0.2) is 22.1 Å².